The van der Waals surface area contributed by atoms with E-state index < -0.39 is 0 Å². The van der Waals surface area contributed by atoms with E-state index in [-0.39, 0.29) is 10.8 Å². The lowest BCUT2D eigenvalue weighted by atomic mass is 9.87. The van der Waals surface area contributed by atoms with Gasteiger partial charge in [-0.2, -0.15) is 0 Å². The van der Waals surface area contributed by atoms with E-state index in [1.54, 1.807) is 0 Å². The molecule has 0 amide bonds. The molecule has 4 nitrogen and oxygen atoms in total. The molecular weight excluding hydrogens is 1110 g/mol. The number of hydrogen-bond donors (Lipinski definition) is 0. The molecule has 0 saturated heterocycles. The summed E-state index contributed by atoms with van der Waals surface area (Å²) in [4.78, 5) is 4.97. The second kappa shape index (κ2) is 19.8. The molecule has 422 valence electrons. The number of benzene rings is 13. The van der Waals surface area contributed by atoms with Gasteiger partial charge in [0.05, 0.1) is 11.4 Å². The van der Waals surface area contributed by atoms with Gasteiger partial charge in [0.1, 0.15) is 22.3 Å². The Morgan fingerprint density at radius 3 is 1.08 bits per heavy atom. The van der Waals surface area contributed by atoms with Gasteiger partial charge in [0, 0.05) is 102 Å². The highest BCUT2D eigenvalue weighted by Crippen LogP contribution is 2.53. The molecule has 0 saturated carbocycles. The highest BCUT2D eigenvalue weighted by molar-refractivity contribution is 7.26. The maximum absolute atomic E-state index is 6.90. The Morgan fingerprint density at radius 1 is 0.284 bits per heavy atom. The van der Waals surface area contributed by atoms with E-state index in [0.29, 0.717) is 0 Å². The summed E-state index contributed by atoms with van der Waals surface area (Å²) in [5, 5.41) is 13.8. The van der Waals surface area contributed by atoms with E-state index in [4.69, 9.17) is 8.83 Å². The van der Waals surface area contributed by atoms with Crippen LogP contribution >= 0.6 is 22.7 Å². The van der Waals surface area contributed by atoms with Crippen LogP contribution in [-0.2, 0) is 10.8 Å². The Balaban J connectivity index is 0.801. The van der Waals surface area contributed by atoms with Crippen LogP contribution < -0.4 is 9.80 Å². The van der Waals surface area contributed by atoms with Crippen LogP contribution in [-0.4, -0.2) is 0 Å². The fourth-order valence-electron chi connectivity index (χ4n) is 13.6. The Morgan fingerprint density at radius 2 is 0.659 bits per heavy atom. The first kappa shape index (κ1) is 52.4. The predicted octanol–water partition coefficient (Wildman–Crippen LogP) is 25.4. The summed E-state index contributed by atoms with van der Waals surface area (Å²) in [6, 6.07) is 94.3. The number of hydrogen-bond acceptors (Lipinski definition) is 6. The van der Waals surface area contributed by atoms with Crippen molar-refractivity contribution in [3.63, 3.8) is 0 Å². The zero-order valence-electron chi connectivity index (χ0n) is 49.8. The molecular formula is C82H60N2O2S2. The van der Waals surface area contributed by atoms with Gasteiger partial charge in [0.25, 0.3) is 0 Å². The van der Waals surface area contributed by atoms with Crippen molar-refractivity contribution in [2.24, 2.45) is 0 Å². The van der Waals surface area contributed by atoms with Crippen molar-refractivity contribution in [3.05, 3.63) is 266 Å². The quantitative estimate of drug-likeness (QED) is 0.152. The van der Waals surface area contributed by atoms with Gasteiger partial charge < -0.3 is 18.6 Å². The van der Waals surface area contributed by atoms with Crippen LogP contribution in [0.4, 0.5) is 34.1 Å². The molecule has 17 aromatic rings. The average molecular weight is 1170 g/mol. The molecule has 0 radical (unpaired) electrons. The van der Waals surface area contributed by atoms with Crippen molar-refractivity contribution in [2.75, 3.05) is 9.80 Å². The standard InChI is InChI=1S/C82H60N2O2S2/c1-81(2,3)55-27-33-57(34-28-55)83(79-61(49-17-9-7-10-18-49)37-39-75-77(79)63-21-13-15-23-73(63)87-75)59-31-25-51-43-65-67-47-68-66-44-52-26-32-60(42-54(52)46-70(66)86-72(68)48-71(67)85-69(65)45-53(51)41-59)84(58-35-29-56(30-36-58)82(4,5)6)80-62(50-19-11-8-12-20-50)38-40-76-78(80)64-22-14-16-24-74(64)88-76/h7-48H,1-6H3. The molecule has 0 spiro atoms. The highest BCUT2D eigenvalue weighted by atomic mass is 32.1. The Kier molecular flexibility index (Phi) is 11.8. The van der Waals surface area contributed by atoms with Gasteiger partial charge in [0.2, 0.25) is 0 Å². The summed E-state index contributed by atoms with van der Waals surface area (Å²) < 4.78 is 18.9. The van der Waals surface area contributed by atoms with E-state index in [0.717, 1.165) is 88.2 Å². The maximum Gasteiger partial charge on any atom is 0.139 e. The third-order valence-corrected chi connectivity index (χ3v) is 20.4. The first-order valence-electron chi connectivity index (χ1n) is 30.4. The number of anilines is 6. The molecule has 4 heterocycles. The lowest BCUT2D eigenvalue weighted by Gasteiger charge is -2.30. The summed E-state index contributed by atoms with van der Waals surface area (Å²) in [5.74, 6) is 0. The number of thiophene rings is 2. The normalized spacial score (nSPS) is 12.4. The molecule has 0 atom stereocenters. The first-order valence-corrected chi connectivity index (χ1v) is 32.0. The van der Waals surface area contributed by atoms with Gasteiger partial charge >= 0.3 is 0 Å². The molecule has 88 heavy (non-hydrogen) atoms. The van der Waals surface area contributed by atoms with Gasteiger partial charge in [0.15, 0.2) is 0 Å². The molecule has 4 aromatic heterocycles. The summed E-state index contributed by atoms with van der Waals surface area (Å²) in [6.07, 6.45) is 0. The Bertz CT molecular complexity index is 5290. The molecule has 0 bridgehead atoms. The van der Waals surface area contributed by atoms with Crippen molar-refractivity contribution in [1.82, 2.24) is 0 Å². The maximum atomic E-state index is 6.90. The van der Waals surface area contributed by atoms with Crippen LogP contribution in [0, 0.1) is 0 Å². The van der Waals surface area contributed by atoms with Crippen LogP contribution in [0.3, 0.4) is 0 Å². The smallest absolute Gasteiger partial charge is 0.139 e. The predicted molar refractivity (Wildman–Crippen MR) is 379 cm³/mol. The molecule has 17 rings (SSSR count). The fourth-order valence-corrected chi connectivity index (χ4v) is 15.8. The number of nitrogens with zero attached hydrogens (tertiary/aromatic N) is 2. The Hall–Kier alpha value is -9.98. The van der Waals surface area contributed by atoms with Crippen molar-refractivity contribution >= 4 is 163 Å². The van der Waals surface area contributed by atoms with E-state index in [2.05, 4.69) is 306 Å². The van der Waals surface area contributed by atoms with Crippen LogP contribution in [0.25, 0.3) is 128 Å². The monoisotopic (exact) mass is 1170 g/mol. The van der Waals surface area contributed by atoms with Crippen molar-refractivity contribution < 1.29 is 8.83 Å². The number of furan rings is 2. The molecule has 0 aliphatic rings. The lowest BCUT2D eigenvalue weighted by molar-refractivity contribution is 0.590. The van der Waals surface area contributed by atoms with Gasteiger partial charge in [-0.1, -0.05) is 187 Å². The van der Waals surface area contributed by atoms with Gasteiger partial charge in [-0.25, -0.2) is 0 Å². The fraction of sp³-hybridized carbons (Fsp3) is 0.0976. The lowest BCUT2D eigenvalue weighted by Crippen LogP contribution is -2.14. The number of rotatable bonds is 8. The minimum atomic E-state index is 0.00734. The van der Waals surface area contributed by atoms with E-state index in [1.807, 2.05) is 22.7 Å². The highest BCUT2D eigenvalue weighted by Gasteiger charge is 2.27. The SMILES string of the molecule is CC(C)(C)c1ccc(N(c2ccc3cc4c(cc3c2)oc2cc3oc5cc6cc(N(c7ccc(C(C)(C)C)cc7)c7c(-c8ccccc8)ccc8sc9ccccc9c78)ccc6cc5c3cc24)c2c(-c3ccccc3)ccc3sc4ccccc4c23)cc1. The zero-order valence-corrected chi connectivity index (χ0v) is 51.4. The van der Waals surface area contributed by atoms with Gasteiger partial charge in [-0.15, -0.1) is 22.7 Å². The molecule has 6 heteroatoms. The third-order valence-electron chi connectivity index (χ3n) is 18.1. The summed E-state index contributed by atoms with van der Waals surface area (Å²) in [6.45, 7) is 13.7. The summed E-state index contributed by atoms with van der Waals surface area (Å²) in [7, 11) is 0. The van der Waals surface area contributed by atoms with Crippen LogP contribution in [0.5, 0.6) is 0 Å². The van der Waals surface area contributed by atoms with Crippen molar-refractivity contribution in [2.45, 2.75) is 52.4 Å². The van der Waals surface area contributed by atoms with E-state index in [1.165, 1.54) is 85.1 Å². The summed E-state index contributed by atoms with van der Waals surface area (Å²) in [5.41, 5.74) is 17.3. The van der Waals surface area contributed by atoms with Crippen molar-refractivity contribution in [3.8, 4) is 22.3 Å². The summed E-state index contributed by atoms with van der Waals surface area (Å²) >= 11 is 3.71. The zero-order chi connectivity index (χ0) is 59.2. The van der Waals surface area contributed by atoms with Crippen LogP contribution in [0.15, 0.2) is 264 Å². The first-order chi connectivity index (χ1) is 42.8. The second-order valence-corrected chi connectivity index (χ2v) is 27.8. The largest absolute Gasteiger partial charge is 0.456 e. The Labute approximate surface area is 518 Å². The van der Waals surface area contributed by atoms with E-state index >= 15 is 0 Å². The van der Waals surface area contributed by atoms with Crippen LogP contribution in [0.1, 0.15) is 52.7 Å². The minimum Gasteiger partial charge on any atom is -0.456 e. The van der Waals surface area contributed by atoms with Gasteiger partial charge in [-0.05, 0) is 158 Å². The average Bonchev–Trinajstić information content (AvgIpc) is 1.74. The molecule has 0 N–H and O–H groups in total. The number of fused-ring (bicyclic) bond motifs is 14. The molecule has 0 fully saturated rings. The van der Waals surface area contributed by atoms with Crippen molar-refractivity contribution in [1.29, 1.82) is 0 Å². The topological polar surface area (TPSA) is 32.8 Å². The molecule has 0 aliphatic carbocycles. The minimum absolute atomic E-state index is 0.00734. The molecule has 0 unspecified atom stereocenters. The molecule has 13 aromatic carbocycles. The van der Waals surface area contributed by atoms with E-state index in [9.17, 15) is 0 Å². The second-order valence-electron chi connectivity index (χ2n) is 25.7. The molecule has 0 aliphatic heterocycles. The third kappa shape index (κ3) is 8.53. The van der Waals surface area contributed by atoms with Gasteiger partial charge in [-0.3, -0.25) is 0 Å². The van der Waals surface area contributed by atoms with Crippen LogP contribution in [0.2, 0.25) is 0 Å².